The molecular formula is C29H45BBrF3N5O4S. The molecule has 0 atom stereocenters. The Balaban J connectivity index is 0. The summed E-state index contributed by atoms with van der Waals surface area (Å²) in [5, 5.41) is 22.2. The second-order valence-corrected chi connectivity index (χ2v) is 12.4. The molecule has 0 aliphatic carbocycles. The summed E-state index contributed by atoms with van der Waals surface area (Å²) < 4.78 is 46.0. The predicted molar refractivity (Wildman–Crippen MR) is 182 cm³/mol. The van der Waals surface area contributed by atoms with Gasteiger partial charge in [-0.15, -0.1) is 0 Å². The normalized spacial score (nSPS) is 10.6. The van der Waals surface area contributed by atoms with Gasteiger partial charge in [-0.05, 0) is 63.9 Å². The Bertz CT molecular complexity index is 1180. The van der Waals surface area contributed by atoms with Gasteiger partial charge in [-0.2, -0.15) is 8.78 Å². The molecule has 2 aromatic rings. The first-order valence-electron chi connectivity index (χ1n) is 14.5. The zero-order valence-electron chi connectivity index (χ0n) is 27.6. The van der Waals surface area contributed by atoms with E-state index in [1.807, 2.05) is 65.2 Å². The first-order valence-corrected chi connectivity index (χ1v) is 15.0. The van der Waals surface area contributed by atoms with Crippen molar-refractivity contribution >= 4 is 59.1 Å². The van der Waals surface area contributed by atoms with Crippen LogP contribution < -0.4 is 9.80 Å². The molecule has 0 N–H and O–H groups in total. The molecular weight excluding hydrogens is 662 g/mol. The Morgan fingerprint density at radius 3 is 1.50 bits per heavy atom. The van der Waals surface area contributed by atoms with Crippen molar-refractivity contribution in [1.82, 2.24) is 0 Å². The van der Waals surface area contributed by atoms with Crippen LogP contribution in [0.15, 0.2) is 39.1 Å². The van der Waals surface area contributed by atoms with E-state index in [4.69, 9.17) is 1.37 Å². The molecule has 0 amide bonds. The summed E-state index contributed by atoms with van der Waals surface area (Å²) in [6.07, 6.45) is 0. The Kier molecular flexibility index (Phi) is 21.4. The Hall–Kier alpha value is -2.68. The number of hydrogen-bond acceptors (Lipinski definition) is 8. The minimum atomic E-state index is -1.00. The molecule has 0 aliphatic rings. The van der Waals surface area contributed by atoms with Crippen molar-refractivity contribution in [3.63, 3.8) is 0 Å². The summed E-state index contributed by atoms with van der Waals surface area (Å²) in [4.78, 5) is 24.7. The summed E-state index contributed by atoms with van der Waals surface area (Å²) in [5.41, 5.74) is -0.171. The molecule has 1 radical (unpaired) electrons. The van der Waals surface area contributed by atoms with Crippen molar-refractivity contribution in [3.8, 4) is 0 Å². The van der Waals surface area contributed by atoms with Crippen LogP contribution >= 0.6 is 28.7 Å². The van der Waals surface area contributed by atoms with Gasteiger partial charge < -0.3 is 9.80 Å². The van der Waals surface area contributed by atoms with E-state index < -0.39 is 40.0 Å². The van der Waals surface area contributed by atoms with Crippen LogP contribution in [0.1, 0.15) is 56.8 Å². The number of benzene rings is 2. The van der Waals surface area contributed by atoms with Gasteiger partial charge in [0.25, 0.3) is 0 Å². The van der Waals surface area contributed by atoms with Gasteiger partial charge in [-0.25, -0.2) is 0 Å². The van der Waals surface area contributed by atoms with E-state index in [1.54, 1.807) is 12.1 Å². The van der Waals surface area contributed by atoms with Gasteiger partial charge in [-0.1, -0.05) is 61.5 Å². The molecule has 0 fully saturated rings. The average Bonchev–Trinajstić information content (AvgIpc) is 2.89. The van der Waals surface area contributed by atoms with Crippen LogP contribution in [0.25, 0.3) is 0 Å². The number of halogens is 4. The molecule has 15 heteroatoms. The second kappa shape index (κ2) is 22.8. The molecule has 247 valence electrons. The van der Waals surface area contributed by atoms with Gasteiger partial charge in [0.2, 0.25) is 11.6 Å². The third kappa shape index (κ3) is 15.9. The Morgan fingerprint density at radius 1 is 0.841 bits per heavy atom. The Morgan fingerprint density at radius 2 is 1.18 bits per heavy atom. The first kappa shape index (κ1) is 41.3. The van der Waals surface area contributed by atoms with E-state index in [9.17, 15) is 33.4 Å². The Labute approximate surface area is 276 Å². The van der Waals surface area contributed by atoms with Crippen LogP contribution in [0.3, 0.4) is 0 Å². The zero-order chi connectivity index (χ0) is 35.4. The van der Waals surface area contributed by atoms with Gasteiger partial charge in [0.05, 0.1) is 22.8 Å². The van der Waals surface area contributed by atoms with Crippen molar-refractivity contribution in [1.29, 1.82) is 0 Å². The predicted octanol–water partition coefficient (Wildman–Crippen LogP) is 9.24. The number of rotatable bonds is 12. The molecule has 0 aromatic heterocycles. The summed E-state index contributed by atoms with van der Waals surface area (Å²) in [6.45, 7) is 18.9. The van der Waals surface area contributed by atoms with E-state index in [2.05, 4.69) is 40.7 Å². The number of thiol groups is 1. The maximum atomic E-state index is 14.0. The summed E-state index contributed by atoms with van der Waals surface area (Å²) >= 11 is 6.19. The third-order valence-electron chi connectivity index (χ3n) is 5.40. The van der Waals surface area contributed by atoms with Crippen molar-refractivity contribution in [2.24, 2.45) is 28.0 Å². The van der Waals surface area contributed by atoms with Gasteiger partial charge >= 0.3 is 36.1 Å². The molecule has 0 heterocycles. The van der Waals surface area contributed by atoms with Gasteiger partial charge in [0.15, 0.2) is 0 Å². The number of anilines is 2. The van der Waals surface area contributed by atoms with E-state index in [-0.39, 0.29) is 4.47 Å². The van der Waals surface area contributed by atoms with Gasteiger partial charge in [0, 0.05) is 26.2 Å². The molecule has 44 heavy (non-hydrogen) atoms. The van der Waals surface area contributed by atoms with Crippen LogP contribution in [-0.2, 0) is 0 Å². The van der Waals surface area contributed by atoms with Crippen molar-refractivity contribution < 1.29 is 24.4 Å². The van der Waals surface area contributed by atoms with Gasteiger partial charge in [-0.3, -0.25) is 24.6 Å². The molecule has 2 aromatic carbocycles. The summed E-state index contributed by atoms with van der Waals surface area (Å²) in [7, 11) is 3.34. The molecule has 0 saturated carbocycles. The quantitative estimate of drug-likeness (QED) is 0.102. The van der Waals surface area contributed by atoms with Crippen LogP contribution in [0, 0.1) is 55.5 Å². The molecule has 2 rings (SSSR count). The zero-order valence-corrected chi connectivity index (χ0v) is 29.1. The van der Waals surface area contributed by atoms with Gasteiger partial charge in [0.1, 0.15) is 11.4 Å². The molecule has 0 aliphatic heterocycles. The fourth-order valence-corrected chi connectivity index (χ4v) is 4.52. The molecule has 0 bridgehead atoms. The number of nitro groups is 2. The molecule has 0 spiro atoms. The SMILES string of the molecule is CC(C)CN(CC(C)C)c1ccc(Br)c(F)c1[N+](=O)[O-].CC(C)CN(CC(C)C)c1cccc(F)c1[N+](=O)[O-].[2H]CF.[B]=NS. The second-order valence-electron chi connectivity index (χ2n) is 11.4. The monoisotopic (exact) mass is 707 g/mol. The third-order valence-corrected chi connectivity index (χ3v) is 6.01. The minimum absolute atomic E-state index is 0.113. The molecule has 0 unspecified atom stereocenters. The van der Waals surface area contributed by atoms with Crippen LogP contribution in [-0.4, -0.2) is 50.8 Å². The number of para-hydroxylation sites is 1. The van der Waals surface area contributed by atoms with Crippen molar-refractivity contribution in [2.75, 3.05) is 43.1 Å². The topological polar surface area (TPSA) is 105 Å². The van der Waals surface area contributed by atoms with E-state index in [1.165, 1.54) is 12.1 Å². The van der Waals surface area contributed by atoms with Crippen LogP contribution in [0.2, 0.25) is 0 Å². The van der Waals surface area contributed by atoms with Crippen molar-refractivity contribution in [2.45, 2.75) is 55.4 Å². The van der Waals surface area contributed by atoms with E-state index in [0.717, 1.165) is 6.07 Å². The van der Waals surface area contributed by atoms with Crippen LogP contribution in [0.4, 0.5) is 35.9 Å². The summed E-state index contributed by atoms with van der Waals surface area (Å²) in [6, 6.07) is 7.39. The number of nitrogens with zero attached hydrogens (tertiary/aromatic N) is 5. The average molecular weight is 708 g/mol. The molecule has 0 saturated heterocycles. The summed E-state index contributed by atoms with van der Waals surface area (Å²) in [5.74, 6) is -0.228. The number of alkyl halides is 1. The standard InChI is InChI=1S/C14H20BrFN2O2.C14H21FN2O2.CH3F.BHNS/c1-9(2)7-17(8-10(3)4)12-6-5-11(15)13(16)14(12)18(19)20;1-10(2)8-16(9-11(3)4)13-7-5-6-12(15)14(13)17(18)19;1-2;1-2-3/h5-6,9-10H,7-8H2,1-4H3;5-7,10-11H,8-9H2,1-4H3;1H3;3H/i;;1D;. The first-order chi connectivity index (χ1) is 20.9. The number of nitro benzene ring substituents is 2. The molecule has 9 nitrogen and oxygen atoms in total. The fraction of sp³-hybridized carbons (Fsp3) is 0.586. The number of hydrogen-bond donors (Lipinski definition) is 1. The fourth-order valence-electron chi connectivity index (χ4n) is 4.20. The van der Waals surface area contributed by atoms with Crippen LogP contribution in [0.5, 0.6) is 0 Å². The van der Waals surface area contributed by atoms with E-state index in [0.29, 0.717) is 61.2 Å². The van der Waals surface area contributed by atoms with E-state index >= 15 is 0 Å². The maximum absolute atomic E-state index is 14.0. The van der Waals surface area contributed by atoms with Crippen molar-refractivity contribution in [3.05, 3.63) is 66.7 Å².